The van der Waals surface area contributed by atoms with Gasteiger partial charge < -0.3 is 15.2 Å². The van der Waals surface area contributed by atoms with Crippen LogP contribution in [0.2, 0.25) is 0 Å². The van der Waals surface area contributed by atoms with Gasteiger partial charge in [0.05, 0.1) is 6.20 Å². The summed E-state index contributed by atoms with van der Waals surface area (Å²) >= 11 is 0. The first-order valence-electron chi connectivity index (χ1n) is 4.83. The van der Waals surface area contributed by atoms with Crippen LogP contribution in [0, 0.1) is 0 Å². The van der Waals surface area contributed by atoms with Gasteiger partial charge in [-0.2, -0.15) is 0 Å². The lowest BCUT2D eigenvalue weighted by molar-refractivity contribution is 0.251. The van der Waals surface area contributed by atoms with Crippen LogP contribution >= 0.6 is 0 Å². The molecule has 2 aromatic rings. The van der Waals surface area contributed by atoms with Crippen LogP contribution in [0.3, 0.4) is 0 Å². The Morgan fingerprint density at radius 1 is 1.25 bits per heavy atom. The first-order valence-corrected chi connectivity index (χ1v) is 4.83. The molecule has 3 rings (SSSR count). The van der Waals surface area contributed by atoms with E-state index >= 15 is 0 Å². The lowest BCUT2D eigenvalue weighted by atomic mass is 10.1. The number of nitrogens with one attached hydrogen (secondary N) is 2. The Hall–Kier alpha value is -2.30. The number of amides is 2. The van der Waals surface area contributed by atoms with Crippen LogP contribution in [-0.2, 0) is 6.54 Å². The number of urea groups is 1. The van der Waals surface area contributed by atoms with E-state index in [4.69, 9.17) is 0 Å². The predicted molar refractivity (Wildman–Crippen MR) is 58.8 cm³/mol. The molecule has 5 nitrogen and oxygen atoms in total. The van der Waals surface area contributed by atoms with Crippen molar-refractivity contribution in [3.05, 3.63) is 48.4 Å². The molecule has 5 heteroatoms. The number of benzene rings is 1. The van der Waals surface area contributed by atoms with Crippen LogP contribution in [0.15, 0.2) is 47.3 Å². The van der Waals surface area contributed by atoms with Gasteiger partial charge in [0, 0.05) is 12.2 Å². The first kappa shape index (κ1) is 10.2. The normalized spacial score (nSPS) is 12.6. The van der Waals surface area contributed by atoms with Gasteiger partial charge in [0.25, 0.3) is 0 Å². The molecule has 2 heterocycles. The van der Waals surface area contributed by atoms with Gasteiger partial charge in [-0.1, -0.05) is 23.4 Å². The van der Waals surface area contributed by atoms with Crippen LogP contribution in [0.25, 0.3) is 0 Å². The standard InChI is InChI=1S/C8H8N2O.C3H3NO/c11-8-9-5-6-3-1-2-4-7(6)10-8;1-2-4-5-3-1/h1-4H,5H2,(H2,9,10,11);1-3H. The van der Waals surface area contributed by atoms with Crippen molar-refractivity contribution in [1.29, 1.82) is 0 Å². The molecule has 0 radical (unpaired) electrons. The Morgan fingerprint density at radius 3 is 2.81 bits per heavy atom. The van der Waals surface area contributed by atoms with Gasteiger partial charge in [-0.3, -0.25) is 0 Å². The van der Waals surface area contributed by atoms with E-state index in [-0.39, 0.29) is 6.03 Å². The number of hydrogen-bond donors (Lipinski definition) is 2. The highest BCUT2D eigenvalue weighted by atomic mass is 16.5. The van der Waals surface area contributed by atoms with E-state index < -0.39 is 0 Å². The molecule has 16 heavy (non-hydrogen) atoms. The zero-order valence-electron chi connectivity index (χ0n) is 8.51. The summed E-state index contributed by atoms with van der Waals surface area (Å²) in [5.74, 6) is 0. The number of carbonyl (C=O) groups excluding carboxylic acids is 1. The van der Waals surface area contributed by atoms with Crippen molar-refractivity contribution in [2.45, 2.75) is 6.54 Å². The summed E-state index contributed by atoms with van der Waals surface area (Å²) in [6.07, 6.45) is 3.10. The summed E-state index contributed by atoms with van der Waals surface area (Å²) in [5.41, 5.74) is 2.04. The third-order valence-corrected chi connectivity index (χ3v) is 2.05. The Labute approximate surface area is 92.4 Å². The second-order valence-electron chi connectivity index (χ2n) is 3.15. The maximum atomic E-state index is 10.8. The third kappa shape index (κ3) is 2.60. The highest BCUT2D eigenvalue weighted by Gasteiger charge is 2.11. The van der Waals surface area contributed by atoms with Gasteiger partial charge in [0.1, 0.15) is 6.26 Å². The van der Waals surface area contributed by atoms with E-state index in [0.29, 0.717) is 6.54 Å². The Kier molecular flexibility index (Phi) is 3.18. The van der Waals surface area contributed by atoms with Crippen LogP contribution in [0.5, 0.6) is 0 Å². The van der Waals surface area contributed by atoms with E-state index in [2.05, 4.69) is 20.3 Å². The highest BCUT2D eigenvalue weighted by molar-refractivity contribution is 5.92. The number of anilines is 1. The van der Waals surface area contributed by atoms with Crippen molar-refractivity contribution in [2.75, 3.05) is 5.32 Å². The van der Waals surface area contributed by atoms with Gasteiger partial charge in [-0.25, -0.2) is 4.79 Å². The van der Waals surface area contributed by atoms with E-state index in [0.717, 1.165) is 11.3 Å². The Morgan fingerprint density at radius 2 is 2.12 bits per heavy atom. The fraction of sp³-hybridized carbons (Fsp3) is 0.0909. The lowest BCUT2D eigenvalue weighted by Gasteiger charge is -2.17. The molecule has 1 aromatic carbocycles. The molecule has 0 saturated heterocycles. The number of aromatic nitrogens is 1. The van der Waals surface area contributed by atoms with E-state index in [1.807, 2.05) is 24.3 Å². The molecule has 0 spiro atoms. The van der Waals surface area contributed by atoms with Crippen molar-refractivity contribution < 1.29 is 9.32 Å². The van der Waals surface area contributed by atoms with Gasteiger partial charge in [-0.15, -0.1) is 0 Å². The summed E-state index contributed by atoms with van der Waals surface area (Å²) in [4.78, 5) is 10.8. The smallest absolute Gasteiger partial charge is 0.319 e. The molecular weight excluding hydrogens is 206 g/mol. The summed E-state index contributed by atoms with van der Waals surface area (Å²) in [6.45, 7) is 0.627. The number of rotatable bonds is 0. The van der Waals surface area contributed by atoms with Crippen LogP contribution in [0.4, 0.5) is 10.5 Å². The first-order chi connectivity index (χ1) is 7.86. The van der Waals surface area contributed by atoms with E-state index in [1.54, 1.807) is 12.3 Å². The maximum Gasteiger partial charge on any atom is 0.319 e. The molecule has 1 aliphatic rings. The zero-order valence-corrected chi connectivity index (χ0v) is 8.51. The number of nitrogens with zero attached hydrogens (tertiary/aromatic N) is 1. The van der Waals surface area contributed by atoms with Crippen LogP contribution < -0.4 is 10.6 Å². The molecule has 82 valence electrons. The second kappa shape index (κ2) is 4.97. The summed E-state index contributed by atoms with van der Waals surface area (Å²) in [6, 6.07) is 9.35. The predicted octanol–water partition coefficient (Wildman–Crippen LogP) is 2.00. The molecule has 0 aliphatic carbocycles. The molecule has 0 atom stereocenters. The molecule has 2 N–H and O–H groups in total. The van der Waals surface area contributed by atoms with Crippen molar-refractivity contribution >= 4 is 11.7 Å². The quantitative estimate of drug-likeness (QED) is 0.709. The van der Waals surface area contributed by atoms with Crippen molar-refractivity contribution in [3.63, 3.8) is 0 Å². The molecule has 0 bridgehead atoms. The van der Waals surface area contributed by atoms with Crippen molar-refractivity contribution in [2.24, 2.45) is 0 Å². The minimum absolute atomic E-state index is 0.122. The SMILES string of the molecule is O=C1NCc2ccccc2N1.c1cnoc1. The molecule has 0 saturated carbocycles. The van der Waals surface area contributed by atoms with Gasteiger partial charge in [0.15, 0.2) is 0 Å². The number of para-hydroxylation sites is 1. The minimum Gasteiger partial charge on any atom is -0.365 e. The Balaban J connectivity index is 0.000000162. The van der Waals surface area contributed by atoms with Gasteiger partial charge in [-0.05, 0) is 17.7 Å². The summed E-state index contributed by atoms with van der Waals surface area (Å²) in [7, 11) is 0. The van der Waals surface area contributed by atoms with E-state index in [9.17, 15) is 4.79 Å². The number of carbonyl (C=O) groups is 1. The molecule has 1 aromatic heterocycles. The second-order valence-corrected chi connectivity index (χ2v) is 3.15. The highest BCUT2D eigenvalue weighted by Crippen LogP contribution is 2.16. The molecule has 2 amide bonds. The zero-order chi connectivity index (χ0) is 11.2. The van der Waals surface area contributed by atoms with Crippen LogP contribution in [0.1, 0.15) is 5.56 Å². The topological polar surface area (TPSA) is 67.2 Å². The Bertz CT molecular complexity index is 437. The fourth-order valence-corrected chi connectivity index (χ4v) is 1.31. The van der Waals surface area contributed by atoms with Crippen LogP contribution in [-0.4, -0.2) is 11.2 Å². The van der Waals surface area contributed by atoms with Gasteiger partial charge >= 0.3 is 6.03 Å². The summed E-state index contributed by atoms with van der Waals surface area (Å²) < 4.78 is 4.33. The average Bonchev–Trinajstić information content (AvgIpc) is 2.87. The van der Waals surface area contributed by atoms with Crippen molar-refractivity contribution in [1.82, 2.24) is 10.5 Å². The molecule has 1 aliphatic heterocycles. The molecule has 0 fully saturated rings. The largest absolute Gasteiger partial charge is 0.365 e. The monoisotopic (exact) mass is 217 g/mol. The number of fused-ring (bicyclic) bond motifs is 1. The molecular formula is C11H11N3O2. The molecule has 0 unspecified atom stereocenters. The fourth-order valence-electron chi connectivity index (χ4n) is 1.31. The average molecular weight is 217 g/mol. The number of hydrogen-bond acceptors (Lipinski definition) is 3. The lowest BCUT2D eigenvalue weighted by Crippen LogP contribution is -2.33. The minimum atomic E-state index is -0.122. The van der Waals surface area contributed by atoms with E-state index in [1.165, 1.54) is 6.26 Å². The third-order valence-electron chi connectivity index (χ3n) is 2.05. The van der Waals surface area contributed by atoms with Gasteiger partial charge in [0.2, 0.25) is 0 Å². The van der Waals surface area contributed by atoms with Crippen molar-refractivity contribution in [3.8, 4) is 0 Å². The summed E-state index contributed by atoms with van der Waals surface area (Å²) in [5, 5.41) is 8.75. The maximum absolute atomic E-state index is 10.8.